The lowest BCUT2D eigenvalue weighted by Gasteiger charge is -2.16. The van der Waals surface area contributed by atoms with Gasteiger partial charge < -0.3 is 10.5 Å². The van der Waals surface area contributed by atoms with E-state index in [0.29, 0.717) is 18.6 Å². The first kappa shape index (κ1) is 17.6. The molecule has 0 spiro atoms. The van der Waals surface area contributed by atoms with E-state index in [1.165, 1.54) is 16.7 Å². The van der Waals surface area contributed by atoms with Crippen molar-refractivity contribution in [1.29, 1.82) is 0 Å². The molecule has 1 unspecified atom stereocenters. The van der Waals surface area contributed by atoms with Crippen LogP contribution in [0.2, 0.25) is 0 Å². The van der Waals surface area contributed by atoms with E-state index in [-0.39, 0.29) is 0 Å². The van der Waals surface area contributed by atoms with Crippen LogP contribution in [0.25, 0.3) is 0 Å². The zero-order valence-corrected chi connectivity index (χ0v) is 14.6. The Balaban J connectivity index is 1.85. The fourth-order valence-electron chi connectivity index (χ4n) is 2.64. The van der Waals surface area contributed by atoms with Crippen molar-refractivity contribution in [2.45, 2.75) is 52.7 Å². The number of nitrogens with two attached hydrogens (primary N) is 1. The van der Waals surface area contributed by atoms with Crippen LogP contribution in [0.3, 0.4) is 0 Å². The number of hydrogen-bond acceptors (Lipinski definition) is 2. The molecule has 0 amide bonds. The lowest BCUT2D eigenvalue weighted by atomic mass is 9.96. The molecule has 23 heavy (non-hydrogen) atoms. The summed E-state index contributed by atoms with van der Waals surface area (Å²) in [5.41, 5.74) is 10.0. The smallest absolute Gasteiger partial charge is 0.120 e. The van der Waals surface area contributed by atoms with E-state index in [4.69, 9.17) is 10.5 Å². The Kier molecular flexibility index (Phi) is 6.66. The summed E-state index contributed by atoms with van der Waals surface area (Å²) in [5.74, 6) is 1.50. The zero-order valence-electron chi connectivity index (χ0n) is 14.6. The summed E-state index contributed by atoms with van der Waals surface area (Å²) in [6.45, 7) is 7.15. The second kappa shape index (κ2) is 8.73. The lowest BCUT2D eigenvalue weighted by Crippen LogP contribution is -2.26. The van der Waals surface area contributed by atoms with Gasteiger partial charge in [-0.05, 0) is 60.9 Å². The third-order valence-electron chi connectivity index (χ3n) is 4.40. The molecule has 2 rings (SSSR count). The van der Waals surface area contributed by atoms with Crippen molar-refractivity contribution in [3.8, 4) is 5.75 Å². The van der Waals surface area contributed by atoms with E-state index >= 15 is 0 Å². The molecule has 2 heteroatoms. The molecule has 1 atom stereocenters. The van der Waals surface area contributed by atoms with Gasteiger partial charge in [-0.3, -0.25) is 0 Å². The average Bonchev–Trinajstić information content (AvgIpc) is 2.55. The van der Waals surface area contributed by atoms with Crippen LogP contribution in [0, 0.1) is 12.8 Å². The minimum atomic E-state index is 0.309. The molecule has 0 radical (unpaired) electrons. The Morgan fingerprint density at radius 1 is 1.04 bits per heavy atom. The van der Waals surface area contributed by atoms with Gasteiger partial charge in [0.25, 0.3) is 0 Å². The fourth-order valence-corrected chi connectivity index (χ4v) is 2.64. The van der Waals surface area contributed by atoms with Crippen LogP contribution in [0.4, 0.5) is 0 Å². The Hall–Kier alpha value is -1.80. The first-order valence-electron chi connectivity index (χ1n) is 8.58. The quantitative estimate of drug-likeness (QED) is 0.754. The van der Waals surface area contributed by atoms with Gasteiger partial charge in [-0.2, -0.15) is 0 Å². The molecule has 2 aromatic rings. The minimum absolute atomic E-state index is 0.309. The number of aryl methyl sites for hydroxylation is 2. The molecule has 0 saturated carbocycles. The molecule has 0 bridgehead atoms. The van der Waals surface area contributed by atoms with Gasteiger partial charge in [-0.1, -0.05) is 50.2 Å². The second-order valence-corrected chi connectivity index (χ2v) is 6.66. The van der Waals surface area contributed by atoms with Gasteiger partial charge in [-0.25, -0.2) is 0 Å². The minimum Gasteiger partial charge on any atom is -0.489 e. The maximum atomic E-state index is 6.12. The highest BCUT2D eigenvalue weighted by Crippen LogP contribution is 2.20. The van der Waals surface area contributed by atoms with E-state index in [1.54, 1.807) is 0 Å². The van der Waals surface area contributed by atoms with Crippen LogP contribution in [0.15, 0.2) is 48.5 Å². The fraction of sp³-hybridized carbons (Fsp3) is 0.429. The Morgan fingerprint density at radius 3 is 2.43 bits per heavy atom. The maximum Gasteiger partial charge on any atom is 0.120 e. The monoisotopic (exact) mass is 311 g/mol. The number of benzene rings is 2. The first-order chi connectivity index (χ1) is 11.1. The number of rotatable bonds is 8. The van der Waals surface area contributed by atoms with Crippen LogP contribution in [0.5, 0.6) is 5.75 Å². The van der Waals surface area contributed by atoms with Gasteiger partial charge in [0, 0.05) is 6.04 Å². The van der Waals surface area contributed by atoms with Crippen molar-refractivity contribution in [2.75, 3.05) is 0 Å². The molecule has 2 nitrogen and oxygen atoms in total. The third-order valence-corrected chi connectivity index (χ3v) is 4.40. The van der Waals surface area contributed by atoms with E-state index in [0.717, 1.165) is 25.0 Å². The van der Waals surface area contributed by atoms with Gasteiger partial charge in [0.15, 0.2) is 0 Å². The highest BCUT2D eigenvalue weighted by Gasteiger charge is 2.08. The van der Waals surface area contributed by atoms with Crippen LogP contribution < -0.4 is 10.5 Å². The predicted octanol–water partition coefficient (Wildman–Crippen LogP) is 4.88. The highest BCUT2D eigenvalue weighted by atomic mass is 16.5. The van der Waals surface area contributed by atoms with Gasteiger partial charge in [-0.15, -0.1) is 0 Å². The third kappa shape index (κ3) is 5.72. The van der Waals surface area contributed by atoms with Crippen LogP contribution in [0.1, 0.15) is 43.4 Å². The Bertz CT molecular complexity index is 592. The average molecular weight is 311 g/mol. The van der Waals surface area contributed by atoms with Crippen molar-refractivity contribution < 1.29 is 4.74 Å². The zero-order chi connectivity index (χ0) is 16.7. The van der Waals surface area contributed by atoms with E-state index in [2.05, 4.69) is 51.1 Å². The summed E-state index contributed by atoms with van der Waals surface area (Å²) in [7, 11) is 0. The van der Waals surface area contributed by atoms with Crippen LogP contribution in [-0.2, 0) is 13.0 Å². The molecule has 0 aliphatic heterocycles. The van der Waals surface area contributed by atoms with Crippen molar-refractivity contribution in [3.63, 3.8) is 0 Å². The molecule has 0 aliphatic carbocycles. The highest BCUT2D eigenvalue weighted by molar-refractivity contribution is 5.35. The molecule has 0 saturated heterocycles. The molecule has 0 heterocycles. The summed E-state index contributed by atoms with van der Waals surface area (Å²) in [6.07, 6.45) is 3.32. The Labute approximate surface area is 140 Å². The van der Waals surface area contributed by atoms with E-state index in [1.807, 2.05) is 18.2 Å². The SMILES string of the molecule is Cc1cc(OCc2ccccc2)ccc1CCCC(N)C(C)C. The molecule has 2 aromatic carbocycles. The summed E-state index contributed by atoms with van der Waals surface area (Å²) in [4.78, 5) is 0. The summed E-state index contributed by atoms with van der Waals surface area (Å²) < 4.78 is 5.88. The van der Waals surface area contributed by atoms with Crippen molar-refractivity contribution >= 4 is 0 Å². The molecular weight excluding hydrogens is 282 g/mol. The largest absolute Gasteiger partial charge is 0.489 e. The van der Waals surface area contributed by atoms with Gasteiger partial charge in [0.2, 0.25) is 0 Å². The molecule has 0 aromatic heterocycles. The maximum absolute atomic E-state index is 6.12. The van der Waals surface area contributed by atoms with Crippen molar-refractivity contribution in [3.05, 3.63) is 65.2 Å². The van der Waals surface area contributed by atoms with Crippen molar-refractivity contribution in [2.24, 2.45) is 11.7 Å². The summed E-state index contributed by atoms with van der Waals surface area (Å²) in [5, 5.41) is 0. The molecule has 124 valence electrons. The van der Waals surface area contributed by atoms with Gasteiger partial charge >= 0.3 is 0 Å². The molecule has 0 aliphatic rings. The first-order valence-corrected chi connectivity index (χ1v) is 8.58. The van der Waals surface area contributed by atoms with E-state index in [9.17, 15) is 0 Å². The van der Waals surface area contributed by atoms with Crippen LogP contribution in [-0.4, -0.2) is 6.04 Å². The predicted molar refractivity (Wildman–Crippen MR) is 97.7 cm³/mol. The number of ether oxygens (including phenoxy) is 1. The normalized spacial score (nSPS) is 12.4. The summed E-state index contributed by atoms with van der Waals surface area (Å²) in [6, 6.07) is 17.0. The Morgan fingerprint density at radius 2 is 1.78 bits per heavy atom. The topological polar surface area (TPSA) is 35.2 Å². The molecular formula is C21H29NO. The number of hydrogen-bond donors (Lipinski definition) is 1. The van der Waals surface area contributed by atoms with Crippen LogP contribution >= 0.6 is 0 Å². The molecule has 0 fully saturated rings. The summed E-state index contributed by atoms with van der Waals surface area (Å²) >= 11 is 0. The van der Waals surface area contributed by atoms with Gasteiger partial charge in [0.1, 0.15) is 12.4 Å². The molecule has 2 N–H and O–H groups in total. The van der Waals surface area contributed by atoms with E-state index < -0.39 is 0 Å². The standard InChI is InChI=1S/C21H29NO/c1-16(2)21(22)11-7-10-19-12-13-20(14-17(19)3)23-15-18-8-5-4-6-9-18/h4-6,8-9,12-14,16,21H,7,10-11,15,22H2,1-3H3. The second-order valence-electron chi connectivity index (χ2n) is 6.66. The lowest BCUT2D eigenvalue weighted by molar-refractivity contribution is 0.306. The van der Waals surface area contributed by atoms with Crippen molar-refractivity contribution in [1.82, 2.24) is 0 Å². The van der Waals surface area contributed by atoms with Gasteiger partial charge in [0.05, 0.1) is 0 Å².